The standard InChI is InChI=1S/C21H28O6/c1-21(2)26-19-18(24-14-15-10-6-5-7-11-15)17(25-20(19)27-21)16(23)12-8-3-4-9-13-22/h5-7,10-11,16-20,22-23H,4,9,12-14H2,1-2H3/t16-,17-,18+,19-,20-/m1/s1. The highest BCUT2D eigenvalue weighted by atomic mass is 16.8. The maximum Gasteiger partial charge on any atom is 0.190 e. The molecule has 0 aromatic heterocycles. The van der Waals surface area contributed by atoms with E-state index in [1.165, 1.54) is 0 Å². The maximum absolute atomic E-state index is 10.6. The molecule has 27 heavy (non-hydrogen) atoms. The summed E-state index contributed by atoms with van der Waals surface area (Å²) >= 11 is 0. The highest BCUT2D eigenvalue weighted by Gasteiger charge is 2.56. The van der Waals surface area contributed by atoms with Crippen LogP contribution in [0.25, 0.3) is 0 Å². The molecular formula is C21H28O6. The van der Waals surface area contributed by atoms with Crippen LogP contribution in [0, 0.1) is 11.8 Å². The summed E-state index contributed by atoms with van der Waals surface area (Å²) < 4.78 is 23.8. The zero-order valence-corrected chi connectivity index (χ0v) is 15.8. The molecule has 0 spiro atoms. The molecule has 5 atom stereocenters. The number of benzene rings is 1. The highest BCUT2D eigenvalue weighted by Crippen LogP contribution is 2.40. The van der Waals surface area contributed by atoms with Gasteiger partial charge >= 0.3 is 0 Å². The van der Waals surface area contributed by atoms with E-state index in [9.17, 15) is 5.11 Å². The van der Waals surface area contributed by atoms with E-state index in [1.807, 2.05) is 44.2 Å². The second-order valence-electron chi connectivity index (χ2n) is 7.28. The number of aliphatic hydroxyl groups is 2. The smallest absolute Gasteiger partial charge is 0.190 e. The lowest BCUT2D eigenvalue weighted by atomic mass is 10.0. The monoisotopic (exact) mass is 376 g/mol. The highest BCUT2D eigenvalue weighted by molar-refractivity contribution is 5.14. The van der Waals surface area contributed by atoms with E-state index >= 15 is 0 Å². The number of hydrogen-bond donors (Lipinski definition) is 2. The Morgan fingerprint density at radius 2 is 1.96 bits per heavy atom. The van der Waals surface area contributed by atoms with E-state index in [1.54, 1.807) is 0 Å². The van der Waals surface area contributed by atoms with Crippen LogP contribution >= 0.6 is 0 Å². The van der Waals surface area contributed by atoms with E-state index in [2.05, 4.69) is 11.8 Å². The van der Waals surface area contributed by atoms with Gasteiger partial charge in [-0.15, -0.1) is 11.8 Å². The molecule has 2 aliphatic heterocycles. The lowest BCUT2D eigenvalue weighted by Crippen LogP contribution is -2.42. The summed E-state index contributed by atoms with van der Waals surface area (Å²) in [5.74, 6) is 5.15. The van der Waals surface area contributed by atoms with Crippen molar-refractivity contribution in [3.05, 3.63) is 35.9 Å². The van der Waals surface area contributed by atoms with Crippen molar-refractivity contribution in [2.45, 2.75) is 76.2 Å². The van der Waals surface area contributed by atoms with Crippen LogP contribution in [0.4, 0.5) is 0 Å². The molecular weight excluding hydrogens is 348 g/mol. The van der Waals surface area contributed by atoms with Gasteiger partial charge in [0, 0.05) is 19.4 Å². The fourth-order valence-electron chi connectivity index (χ4n) is 3.32. The van der Waals surface area contributed by atoms with Crippen molar-refractivity contribution in [2.24, 2.45) is 0 Å². The molecule has 0 bridgehead atoms. The zero-order valence-electron chi connectivity index (χ0n) is 15.8. The van der Waals surface area contributed by atoms with Crippen molar-refractivity contribution in [1.29, 1.82) is 0 Å². The summed E-state index contributed by atoms with van der Waals surface area (Å²) in [5, 5.41) is 19.4. The third kappa shape index (κ3) is 5.29. The van der Waals surface area contributed by atoms with Crippen LogP contribution in [-0.2, 0) is 25.6 Å². The van der Waals surface area contributed by atoms with E-state index in [0.29, 0.717) is 19.4 Å². The second kappa shape index (κ2) is 9.16. The normalized spacial score (nSPS) is 29.8. The second-order valence-corrected chi connectivity index (χ2v) is 7.28. The predicted molar refractivity (Wildman–Crippen MR) is 98.4 cm³/mol. The average molecular weight is 376 g/mol. The van der Waals surface area contributed by atoms with Crippen molar-refractivity contribution in [2.75, 3.05) is 6.61 Å². The average Bonchev–Trinajstić information content (AvgIpc) is 3.12. The first kappa shape index (κ1) is 20.3. The molecule has 2 saturated heterocycles. The van der Waals surface area contributed by atoms with E-state index in [4.69, 9.17) is 24.1 Å². The van der Waals surface area contributed by atoms with Crippen molar-refractivity contribution in [3.63, 3.8) is 0 Å². The van der Waals surface area contributed by atoms with Gasteiger partial charge in [-0.1, -0.05) is 30.3 Å². The van der Waals surface area contributed by atoms with Gasteiger partial charge in [-0.3, -0.25) is 0 Å². The van der Waals surface area contributed by atoms with Gasteiger partial charge in [0.05, 0.1) is 12.7 Å². The summed E-state index contributed by atoms with van der Waals surface area (Å²) in [6.45, 7) is 4.18. The Morgan fingerprint density at radius 3 is 2.70 bits per heavy atom. The molecule has 2 N–H and O–H groups in total. The first-order valence-corrected chi connectivity index (χ1v) is 9.41. The van der Waals surface area contributed by atoms with Crippen LogP contribution in [0.15, 0.2) is 30.3 Å². The van der Waals surface area contributed by atoms with Crippen molar-refractivity contribution >= 4 is 0 Å². The van der Waals surface area contributed by atoms with Crippen LogP contribution in [0.3, 0.4) is 0 Å². The Morgan fingerprint density at radius 1 is 1.19 bits per heavy atom. The van der Waals surface area contributed by atoms with Gasteiger partial charge in [0.15, 0.2) is 12.1 Å². The molecule has 6 heteroatoms. The number of ether oxygens (including phenoxy) is 4. The fraction of sp³-hybridized carbons (Fsp3) is 0.619. The van der Waals surface area contributed by atoms with Gasteiger partial charge in [0.1, 0.15) is 18.3 Å². The zero-order chi connectivity index (χ0) is 19.3. The molecule has 1 aromatic rings. The predicted octanol–water partition coefficient (Wildman–Crippen LogP) is 1.98. The van der Waals surface area contributed by atoms with Crippen molar-refractivity contribution < 1.29 is 29.2 Å². The minimum absolute atomic E-state index is 0.117. The van der Waals surface area contributed by atoms with Crippen LogP contribution in [0.1, 0.15) is 38.7 Å². The topological polar surface area (TPSA) is 77.4 Å². The summed E-state index contributed by atoms with van der Waals surface area (Å²) in [5.41, 5.74) is 1.04. The SMILES string of the molecule is CC1(C)O[C@H]2O[C@H]([C@H](O)CC#CCCCO)[C@H](OCc3ccccc3)[C@H]2O1. The summed E-state index contributed by atoms with van der Waals surface area (Å²) in [6.07, 6.45) is -1.30. The molecule has 0 radical (unpaired) electrons. The molecule has 2 aliphatic rings. The van der Waals surface area contributed by atoms with Gasteiger partial charge in [-0.05, 0) is 25.8 Å². The van der Waals surface area contributed by atoms with Gasteiger partial charge < -0.3 is 29.2 Å². The van der Waals surface area contributed by atoms with Crippen LogP contribution < -0.4 is 0 Å². The molecule has 2 fully saturated rings. The van der Waals surface area contributed by atoms with Crippen LogP contribution in [0.5, 0.6) is 0 Å². The van der Waals surface area contributed by atoms with Crippen molar-refractivity contribution in [3.8, 4) is 11.8 Å². The van der Waals surface area contributed by atoms with Gasteiger partial charge in [-0.2, -0.15) is 0 Å². The van der Waals surface area contributed by atoms with E-state index in [-0.39, 0.29) is 13.0 Å². The third-order valence-corrected chi connectivity index (χ3v) is 4.59. The number of hydrogen-bond acceptors (Lipinski definition) is 6. The Bertz CT molecular complexity index is 650. The fourth-order valence-corrected chi connectivity index (χ4v) is 3.32. The van der Waals surface area contributed by atoms with E-state index < -0.39 is 36.5 Å². The molecule has 3 rings (SSSR count). The maximum atomic E-state index is 10.6. The lowest BCUT2D eigenvalue weighted by molar-refractivity contribution is -0.230. The van der Waals surface area contributed by atoms with E-state index in [0.717, 1.165) is 5.56 Å². The molecule has 0 aliphatic carbocycles. The minimum atomic E-state index is -0.812. The molecule has 0 unspecified atom stereocenters. The van der Waals surface area contributed by atoms with Gasteiger partial charge in [-0.25, -0.2) is 0 Å². The Hall–Kier alpha value is -1.46. The van der Waals surface area contributed by atoms with Crippen LogP contribution in [-0.4, -0.2) is 53.3 Å². The Labute approximate surface area is 160 Å². The summed E-state index contributed by atoms with van der Waals surface area (Å²) in [7, 11) is 0. The largest absolute Gasteiger partial charge is 0.396 e. The minimum Gasteiger partial charge on any atom is -0.396 e. The number of fused-ring (bicyclic) bond motifs is 1. The molecule has 1 aromatic carbocycles. The van der Waals surface area contributed by atoms with Crippen molar-refractivity contribution in [1.82, 2.24) is 0 Å². The first-order chi connectivity index (χ1) is 13.0. The first-order valence-electron chi connectivity index (χ1n) is 9.41. The summed E-state index contributed by atoms with van der Waals surface area (Å²) in [4.78, 5) is 0. The molecule has 6 nitrogen and oxygen atoms in total. The van der Waals surface area contributed by atoms with Crippen LogP contribution in [0.2, 0.25) is 0 Å². The quantitative estimate of drug-likeness (QED) is 0.560. The lowest BCUT2D eigenvalue weighted by Gasteiger charge is -2.28. The third-order valence-electron chi connectivity index (χ3n) is 4.59. The number of rotatable bonds is 7. The molecule has 0 saturated carbocycles. The number of unbranched alkanes of at least 4 members (excludes halogenated alkanes) is 1. The molecule has 0 amide bonds. The van der Waals surface area contributed by atoms with Gasteiger partial charge in [0.25, 0.3) is 0 Å². The summed E-state index contributed by atoms with van der Waals surface area (Å²) in [6, 6.07) is 9.84. The Balaban J connectivity index is 1.64. The van der Waals surface area contributed by atoms with Gasteiger partial charge in [0.2, 0.25) is 0 Å². The number of aliphatic hydroxyl groups excluding tert-OH is 2. The molecule has 2 heterocycles. The molecule has 148 valence electrons. The Kier molecular flexibility index (Phi) is 6.88.